The standard InChI is InChI=1S/C37H70N2O11/c1-14-27-35(7,43)15-16-39(12)20-21(2)18-36(8,44)32(50-34-29(40)26(38(10)11)17-22(3)46-34)23(4)30(24(5)33(42)48-27)49-28-19-37(9,45-13)31(41)25(6)47-28/h21-32,34,40-41,43-44H,14-20H2,1-13H3/t21-,22-,23+,24-,25+,26+,27-,28+,29-,30+,31+,32-,34+,35+,36-,37-/m1/s1. The van der Waals surface area contributed by atoms with Crippen LogP contribution in [-0.2, 0) is 33.2 Å². The number of ether oxygens (including phenoxy) is 6. The number of carbonyl (C=O) groups excluding carboxylic acids is 1. The fourth-order valence-corrected chi connectivity index (χ4v) is 8.39. The molecule has 0 unspecified atom stereocenters. The van der Waals surface area contributed by atoms with Crippen LogP contribution in [0.25, 0.3) is 0 Å². The number of methoxy groups -OCH3 is 1. The molecule has 0 spiro atoms. The first-order valence-corrected chi connectivity index (χ1v) is 18.6. The van der Waals surface area contributed by atoms with Gasteiger partial charge < -0.3 is 58.6 Å². The van der Waals surface area contributed by atoms with Crippen molar-refractivity contribution in [3.8, 4) is 0 Å². The van der Waals surface area contributed by atoms with Gasteiger partial charge in [-0.2, -0.15) is 0 Å². The van der Waals surface area contributed by atoms with Gasteiger partial charge in [-0.15, -0.1) is 0 Å². The quantitative estimate of drug-likeness (QED) is 0.285. The highest BCUT2D eigenvalue weighted by atomic mass is 16.7. The summed E-state index contributed by atoms with van der Waals surface area (Å²) < 4.78 is 37.6. The lowest BCUT2D eigenvalue weighted by molar-refractivity contribution is -0.318. The first-order valence-electron chi connectivity index (χ1n) is 18.6. The van der Waals surface area contributed by atoms with E-state index in [1.165, 1.54) is 7.11 Å². The van der Waals surface area contributed by atoms with E-state index in [0.29, 0.717) is 38.8 Å². The molecule has 3 heterocycles. The molecule has 0 amide bonds. The second-order valence-electron chi connectivity index (χ2n) is 16.7. The van der Waals surface area contributed by atoms with Crippen LogP contribution in [0.1, 0.15) is 94.4 Å². The van der Waals surface area contributed by atoms with Crippen molar-refractivity contribution in [1.82, 2.24) is 9.80 Å². The van der Waals surface area contributed by atoms with Crippen LogP contribution in [0, 0.1) is 17.8 Å². The Bertz CT molecular complexity index is 1080. The molecule has 294 valence electrons. The monoisotopic (exact) mass is 718 g/mol. The van der Waals surface area contributed by atoms with Gasteiger partial charge in [0.15, 0.2) is 12.6 Å². The molecule has 50 heavy (non-hydrogen) atoms. The van der Waals surface area contributed by atoms with Crippen molar-refractivity contribution in [1.29, 1.82) is 0 Å². The smallest absolute Gasteiger partial charge is 0.311 e. The second kappa shape index (κ2) is 17.4. The molecule has 0 saturated carbocycles. The minimum absolute atomic E-state index is 0.00269. The average Bonchev–Trinajstić information content (AvgIpc) is 3.02. The van der Waals surface area contributed by atoms with Gasteiger partial charge in [-0.3, -0.25) is 4.79 Å². The van der Waals surface area contributed by atoms with Crippen LogP contribution in [0.5, 0.6) is 0 Å². The Labute approximate surface area is 300 Å². The molecule has 0 aliphatic carbocycles. The summed E-state index contributed by atoms with van der Waals surface area (Å²) >= 11 is 0. The van der Waals surface area contributed by atoms with Crippen LogP contribution in [0.2, 0.25) is 0 Å². The number of hydrogen-bond donors (Lipinski definition) is 4. The first-order chi connectivity index (χ1) is 23.1. The first kappa shape index (κ1) is 43.4. The molecule has 4 N–H and O–H groups in total. The molecule has 3 aliphatic heterocycles. The molecular weight excluding hydrogens is 648 g/mol. The number of esters is 1. The Morgan fingerprint density at radius 3 is 2.20 bits per heavy atom. The predicted octanol–water partition coefficient (Wildman–Crippen LogP) is 2.54. The molecule has 0 aromatic rings. The highest BCUT2D eigenvalue weighted by molar-refractivity contribution is 5.73. The van der Waals surface area contributed by atoms with Gasteiger partial charge in [0.25, 0.3) is 0 Å². The number of cyclic esters (lactones) is 1. The summed E-state index contributed by atoms with van der Waals surface area (Å²) in [5, 5.41) is 46.4. The Hall–Kier alpha value is -0.970. The van der Waals surface area contributed by atoms with Gasteiger partial charge in [0, 0.05) is 38.6 Å². The number of carbonyl (C=O) groups is 1. The molecule has 3 fully saturated rings. The van der Waals surface area contributed by atoms with E-state index in [4.69, 9.17) is 28.4 Å². The van der Waals surface area contributed by atoms with Crippen molar-refractivity contribution in [2.75, 3.05) is 41.3 Å². The van der Waals surface area contributed by atoms with Gasteiger partial charge in [-0.1, -0.05) is 20.8 Å². The third-order valence-corrected chi connectivity index (χ3v) is 11.5. The number of aliphatic hydroxyl groups excluding tert-OH is 2. The van der Waals surface area contributed by atoms with Gasteiger partial charge in [0.2, 0.25) is 0 Å². The Morgan fingerprint density at radius 1 is 0.980 bits per heavy atom. The summed E-state index contributed by atoms with van der Waals surface area (Å²) in [7, 11) is 7.30. The Kier molecular flexibility index (Phi) is 15.2. The number of hydrogen-bond acceptors (Lipinski definition) is 13. The largest absolute Gasteiger partial charge is 0.459 e. The van der Waals surface area contributed by atoms with Crippen molar-refractivity contribution < 1.29 is 53.6 Å². The molecule has 0 aromatic heterocycles. The molecule has 3 rings (SSSR count). The third kappa shape index (κ3) is 10.4. The van der Waals surface area contributed by atoms with Gasteiger partial charge in [-0.05, 0) is 94.3 Å². The zero-order valence-electron chi connectivity index (χ0n) is 33.0. The maximum absolute atomic E-state index is 14.1. The minimum Gasteiger partial charge on any atom is -0.459 e. The summed E-state index contributed by atoms with van der Waals surface area (Å²) in [4.78, 5) is 18.1. The van der Waals surface area contributed by atoms with Crippen LogP contribution in [-0.4, -0.2) is 156 Å². The van der Waals surface area contributed by atoms with E-state index in [0.717, 1.165) is 0 Å². The number of rotatable bonds is 7. The fourth-order valence-electron chi connectivity index (χ4n) is 8.39. The van der Waals surface area contributed by atoms with Crippen molar-refractivity contribution >= 4 is 5.97 Å². The van der Waals surface area contributed by atoms with Crippen molar-refractivity contribution in [3.05, 3.63) is 0 Å². The Balaban J connectivity index is 2.13. The molecule has 16 atom stereocenters. The van der Waals surface area contributed by atoms with E-state index < -0.39 is 83.8 Å². The van der Waals surface area contributed by atoms with Crippen molar-refractivity contribution in [2.45, 2.75) is 173 Å². The second-order valence-corrected chi connectivity index (χ2v) is 16.7. The van der Waals surface area contributed by atoms with Crippen LogP contribution in [0.15, 0.2) is 0 Å². The summed E-state index contributed by atoms with van der Waals surface area (Å²) in [6.07, 6.45) is -5.56. The van der Waals surface area contributed by atoms with Crippen LogP contribution in [0.3, 0.4) is 0 Å². The summed E-state index contributed by atoms with van der Waals surface area (Å²) in [6, 6.07) is -0.242. The average molecular weight is 719 g/mol. The highest BCUT2D eigenvalue weighted by Gasteiger charge is 2.51. The molecule has 13 nitrogen and oxygen atoms in total. The molecule has 3 saturated heterocycles. The van der Waals surface area contributed by atoms with E-state index in [1.807, 2.05) is 46.8 Å². The van der Waals surface area contributed by atoms with Crippen LogP contribution >= 0.6 is 0 Å². The van der Waals surface area contributed by atoms with Crippen molar-refractivity contribution in [2.24, 2.45) is 17.8 Å². The molecular formula is C37H70N2O11. The van der Waals surface area contributed by atoms with Crippen LogP contribution in [0.4, 0.5) is 0 Å². The Morgan fingerprint density at radius 2 is 1.62 bits per heavy atom. The topological polar surface area (TPSA) is 160 Å². The SMILES string of the molecule is CC[C@H]1OC(=O)[C@H](C)[C@@H](O[C@H]2C[C@@](C)(OC)[C@@H](O)[C@H](C)O2)[C@H](C)[C@@H](O[C@@H]2O[C@H](C)C[C@H](N(C)C)[C@H]2O)[C@](C)(O)C[C@@H](C)CN(C)CC[C@]1(C)O. The number of aliphatic hydroxyl groups is 4. The van der Waals surface area contributed by atoms with Crippen molar-refractivity contribution in [3.63, 3.8) is 0 Å². The molecule has 13 heteroatoms. The molecule has 0 aromatic carbocycles. The van der Waals surface area contributed by atoms with Gasteiger partial charge in [-0.25, -0.2) is 0 Å². The zero-order valence-corrected chi connectivity index (χ0v) is 33.0. The lowest BCUT2D eigenvalue weighted by atomic mass is 9.77. The fraction of sp³-hybridized carbons (Fsp3) is 0.973. The number of nitrogens with zero attached hydrogens (tertiary/aromatic N) is 2. The molecule has 0 radical (unpaired) electrons. The van der Waals surface area contributed by atoms with E-state index in [-0.39, 0.29) is 24.5 Å². The molecule has 0 bridgehead atoms. The zero-order chi connectivity index (χ0) is 37.9. The van der Waals surface area contributed by atoms with Gasteiger partial charge in [0.1, 0.15) is 18.3 Å². The van der Waals surface area contributed by atoms with Crippen LogP contribution < -0.4 is 0 Å². The normalized spacial score (nSPS) is 48.1. The van der Waals surface area contributed by atoms with Gasteiger partial charge in [0.05, 0.1) is 47.1 Å². The predicted molar refractivity (Wildman–Crippen MR) is 188 cm³/mol. The third-order valence-electron chi connectivity index (χ3n) is 11.5. The minimum atomic E-state index is -1.47. The summed E-state index contributed by atoms with van der Waals surface area (Å²) in [5.74, 6) is -2.17. The van der Waals surface area contributed by atoms with E-state index in [2.05, 4.69) is 11.8 Å². The lowest BCUT2D eigenvalue weighted by Gasteiger charge is -2.48. The number of likely N-dealkylation sites (N-methyl/N-ethyl adjacent to an activating group) is 1. The van der Waals surface area contributed by atoms with E-state index in [1.54, 1.807) is 34.6 Å². The van der Waals surface area contributed by atoms with E-state index in [9.17, 15) is 25.2 Å². The maximum atomic E-state index is 14.1. The lowest BCUT2D eigenvalue weighted by Crippen LogP contribution is -2.60. The van der Waals surface area contributed by atoms with Gasteiger partial charge >= 0.3 is 5.97 Å². The van der Waals surface area contributed by atoms with E-state index >= 15 is 0 Å². The molecule has 3 aliphatic rings. The summed E-state index contributed by atoms with van der Waals surface area (Å²) in [6.45, 7) is 17.6. The highest BCUT2D eigenvalue weighted by Crippen LogP contribution is 2.40. The maximum Gasteiger partial charge on any atom is 0.311 e. The summed E-state index contributed by atoms with van der Waals surface area (Å²) in [5.41, 5.74) is -3.74.